The van der Waals surface area contributed by atoms with Crippen LogP contribution in [0.5, 0.6) is 11.5 Å². The summed E-state index contributed by atoms with van der Waals surface area (Å²) >= 11 is 6.03. The third-order valence-corrected chi connectivity index (χ3v) is 3.89. The average Bonchev–Trinajstić information content (AvgIpc) is 2.66. The summed E-state index contributed by atoms with van der Waals surface area (Å²) in [6.07, 6.45) is -0.0858. The molecule has 0 heterocycles. The zero-order chi connectivity index (χ0) is 20.7. The lowest BCUT2D eigenvalue weighted by Gasteiger charge is -2.13. The molecule has 0 spiro atoms. The molecule has 0 fully saturated rings. The number of nitrogens with one attached hydrogen (secondary N) is 2. The molecule has 0 aliphatic heterocycles. The molecule has 0 aromatic heterocycles. The van der Waals surface area contributed by atoms with Crippen LogP contribution < -0.4 is 20.2 Å². The van der Waals surface area contributed by atoms with Gasteiger partial charge < -0.3 is 14.8 Å². The number of anilines is 1. The number of benzene rings is 2. The lowest BCUT2D eigenvalue weighted by Crippen LogP contribution is -2.21. The maximum atomic E-state index is 13.2. The predicted molar refractivity (Wildman–Crippen MR) is 105 cm³/mol. The van der Waals surface area contributed by atoms with E-state index in [4.69, 9.17) is 21.1 Å². The van der Waals surface area contributed by atoms with E-state index in [1.807, 2.05) is 0 Å². The number of hydrogen-bond donors (Lipinski definition) is 2. The number of rotatable bonds is 7. The largest absolute Gasteiger partial charge is 0.495 e. The second-order valence-corrected chi connectivity index (χ2v) is 6.12. The highest BCUT2D eigenvalue weighted by Gasteiger charge is 2.13. The van der Waals surface area contributed by atoms with Crippen LogP contribution in [0.15, 0.2) is 41.5 Å². The number of carbonyl (C=O) groups is 2. The van der Waals surface area contributed by atoms with Gasteiger partial charge in [0.15, 0.2) is 0 Å². The van der Waals surface area contributed by atoms with Crippen LogP contribution in [-0.2, 0) is 4.79 Å². The topological polar surface area (TPSA) is 89.0 Å². The maximum Gasteiger partial charge on any atom is 0.271 e. The van der Waals surface area contributed by atoms with Gasteiger partial charge in [0.05, 0.1) is 31.4 Å². The van der Waals surface area contributed by atoms with Crippen LogP contribution in [0.25, 0.3) is 0 Å². The van der Waals surface area contributed by atoms with Crippen molar-refractivity contribution in [3.05, 3.63) is 52.8 Å². The van der Waals surface area contributed by atoms with E-state index in [1.54, 1.807) is 6.92 Å². The second-order valence-electron chi connectivity index (χ2n) is 5.71. The first-order valence-electron chi connectivity index (χ1n) is 8.14. The summed E-state index contributed by atoms with van der Waals surface area (Å²) in [6, 6.07) is 8.26. The molecule has 2 N–H and O–H groups in total. The average molecular weight is 408 g/mol. The Morgan fingerprint density at radius 1 is 1.14 bits per heavy atom. The molecule has 0 atom stereocenters. The van der Waals surface area contributed by atoms with Crippen LogP contribution >= 0.6 is 11.6 Å². The summed E-state index contributed by atoms with van der Waals surface area (Å²) in [7, 11) is 2.90. The summed E-state index contributed by atoms with van der Waals surface area (Å²) in [5.41, 5.74) is 3.14. The van der Waals surface area contributed by atoms with Crippen LogP contribution in [0.2, 0.25) is 5.02 Å². The standard InChI is InChI=1S/C19H19ClFN3O4/c1-11(23-24-19(26)12-5-4-6-13(21)8-12)7-18(25)22-15-10-16(27-2)14(20)9-17(15)28-3/h4-6,8-10H,7H2,1-3H3,(H,22,25)(H,24,26)/b23-11-. The molecule has 9 heteroatoms. The highest BCUT2D eigenvalue weighted by Crippen LogP contribution is 2.35. The number of methoxy groups -OCH3 is 2. The van der Waals surface area contributed by atoms with Crippen molar-refractivity contribution in [3.63, 3.8) is 0 Å². The molecule has 0 saturated heterocycles. The fourth-order valence-corrected chi connectivity index (χ4v) is 2.50. The first-order chi connectivity index (χ1) is 13.3. The Labute approximate surface area is 166 Å². The van der Waals surface area contributed by atoms with Crippen molar-refractivity contribution in [2.75, 3.05) is 19.5 Å². The number of hydrogen-bond acceptors (Lipinski definition) is 5. The molecule has 2 rings (SSSR count). The number of hydrazone groups is 1. The highest BCUT2D eigenvalue weighted by molar-refractivity contribution is 6.32. The van der Waals surface area contributed by atoms with Gasteiger partial charge in [-0.1, -0.05) is 17.7 Å². The van der Waals surface area contributed by atoms with Crippen molar-refractivity contribution in [2.45, 2.75) is 13.3 Å². The first-order valence-corrected chi connectivity index (χ1v) is 8.52. The summed E-state index contributed by atoms with van der Waals surface area (Å²) in [5, 5.41) is 6.88. The van der Waals surface area contributed by atoms with Gasteiger partial charge in [0.25, 0.3) is 5.91 Å². The molecular formula is C19H19ClFN3O4. The summed E-state index contributed by atoms with van der Waals surface area (Å²) in [5.74, 6) is -0.744. The molecule has 0 bridgehead atoms. The minimum absolute atomic E-state index is 0.0858. The Morgan fingerprint density at radius 3 is 2.50 bits per heavy atom. The second kappa shape index (κ2) is 9.70. The van der Waals surface area contributed by atoms with E-state index in [9.17, 15) is 14.0 Å². The van der Waals surface area contributed by atoms with Crippen LogP contribution in [0.1, 0.15) is 23.7 Å². The van der Waals surface area contributed by atoms with Crippen LogP contribution in [0.4, 0.5) is 10.1 Å². The molecular weight excluding hydrogens is 389 g/mol. The zero-order valence-corrected chi connectivity index (χ0v) is 16.3. The van der Waals surface area contributed by atoms with Gasteiger partial charge in [-0.3, -0.25) is 9.59 Å². The minimum Gasteiger partial charge on any atom is -0.495 e. The van der Waals surface area contributed by atoms with E-state index in [2.05, 4.69) is 15.8 Å². The van der Waals surface area contributed by atoms with Gasteiger partial charge in [0.2, 0.25) is 5.91 Å². The SMILES string of the molecule is COc1cc(NC(=O)C/C(C)=N\NC(=O)c2cccc(F)c2)c(OC)cc1Cl. The van der Waals surface area contributed by atoms with Gasteiger partial charge in [0.1, 0.15) is 17.3 Å². The number of ether oxygens (including phenoxy) is 2. The summed E-state index contributed by atoms with van der Waals surface area (Å²) in [4.78, 5) is 24.2. The number of carbonyl (C=O) groups excluding carboxylic acids is 2. The lowest BCUT2D eigenvalue weighted by atomic mass is 10.2. The van der Waals surface area contributed by atoms with Crippen molar-refractivity contribution in [3.8, 4) is 11.5 Å². The van der Waals surface area contributed by atoms with Crippen molar-refractivity contribution < 1.29 is 23.5 Å². The van der Waals surface area contributed by atoms with E-state index in [0.717, 1.165) is 6.07 Å². The molecule has 0 radical (unpaired) electrons. The molecule has 2 aromatic carbocycles. The zero-order valence-electron chi connectivity index (χ0n) is 15.5. The third kappa shape index (κ3) is 5.68. The molecule has 0 aliphatic carbocycles. The monoisotopic (exact) mass is 407 g/mol. The maximum absolute atomic E-state index is 13.2. The van der Waals surface area contributed by atoms with Gasteiger partial charge in [0, 0.05) is 23.4 Å². The lowest BCUT2D eigenvalue weighted by molar-refractivity contribution is -0.115. The van der Waals surface area contributed by atoms with Crippen LogP contribution in [-0.4, -0.2) is 31.7 Å². The van der Waals surface area contributed by atoms with E-state index in [0.29, 0.717) is 27.9 Å². The van der Waals surface area contributed by atoms with Gasteiger partial charge in [-0.2, -0.15) is 5.10 Å². The number of halogens is 2. The normalized spacial score (nSPS) is 11.0. The van der Waals surface area contributed by atoms with Gasteiger partial charge >= 0.3 is 0 Å². The Hall–Kier alpha value is -3.13. The fourth-order valence-electron chi connectivity index (χ4n) is 2.26. The molecule has 0 saturated carbocycles. The van der Waals surface area contributed by atoms with Crippen LogP contribution in [0, 0.1) is 5.82 Å². The Morgan fingerprint density at radius 2 is 1.86 bits per heavy atom. The fraction of sp³-hybridized carbons (Fsp3) is 0.211. The van der Waals surface area contributed by atoms with Gasteiger partial charge in [-0.05, 0) is 25.1 Å². The van der Waals surface area contributed by atoms with Crippen molar-refractivity contribution in [1.82, 2.24) is 5.43 Å². The summed E-state index contributed by atoms with van der Waals surface area (Å²) in [6.45, 7) is 1.57. The van der Waals surface area contributed by atoms with Crippen molar-refractivity contribution in [2.24, 2.45) is 5.10 Å². The molecule has 7 nitrogen and oxygen atoms in total. The third-order valence-electron chi connectivity index (χ3n) is 3.60. The quantitative estimate of drug-likeness (QED) is 0.541. The van der Waals surface area contributed by atoms with Gasteiger partial charge in [-0.25, -0.2) is 9.82 Å². The highest BCUT2D eigenvalue weighted by atomic mass is 35.5. The Kier molecular flexibility index (Phi) is 7.34. The molecule has 0 aliphatic rings. The van der Waals surface area contributed by atoms with E-state index in [1.165, 1.54) is 44.6 Å². The van der Waals surface area contributed by atoms with E-state index >= 15 is 0 Å². The molecule has 28 heavy (non-hydrogen) atoms. The minimum atomic E-state index is -0.580. The molecule has 2 amide bonds. The van der Waals surface area contributed by atoms with E-state index in [-0.39, 0.29) is 17.9 Å². The van der Waals surface area contributed by atoms with Gasteiger partial charge in [-0.15, -0.1) is 0 Å². The molecule has 2 aromatic rings. The van der Waals surface area contributed by atoms with Crippen molar-refractivity contribution >= 4 is 34.8 Å². The Bertz CT molecular complexity index is 918. The smallest absolute Gasteiger partial charge is 0.271 e. The first kappa shape index (κ1) is 21.2. The van der Waals surface area contributed by atoms with Crippen LogP contribution in [0.3, 0.4) is 0 Å². The number of nitrogens with zero attached hydrogens (tertiary/aromatic N) is 1. The molecule has 148 valence electrons. The summed E-state index contributed by atoms with van der Waals surface area (Å²) < 4.78 is 23.5. The molecule has 0 unspecified atom stereocenters. The Balaban J connectivity index is 2.00. The number of amides is 2. The predicted octanol–water partition coefficient (Wildman–Crippen LogP) is 3.63. The van der Waals surface area contributed by atoms with E-state index < -0.39 is 11.7 Å². The van der Waals surface area contributed by atoms with Crippen molar-refractivity contribution in [1.29, 1.82) is 0 Å².